The minimum absolute atomic E-state index is 0.0638. The fourth-order valence-electron chi connectivity index (χ4n) is 3.01. The quantitative estimate of drug-likeness (QED) is 0.718. The van der Waals surface area contributed by atoms with Gasteiger partial charge in [-0.1, -0.05) is 18.2 Å². The van der Waals surface area contributed by atoms with Crippen molar-refractivity contribution in [3.63, 3.8) is 0 Å². The van der Waals surface area contributed by atoms with Gasteiger partial charge in [0.05, 0.1) is 19.8 Å². The van der Waals surface area contributed by atoms with Crippen molar-refractivity contribution in [2.75, 3.05) is 52.9 Å². The number of ether oxygens (including phenoxy) is 1. The summed E-state index contributed by atoms with van der Waals surface area (Å²) >= 11 is 0. The van der Waals surface area contributed by atoms with Gasteiger partial charge in [0.25, 0.3) is 0 Å². The molecule has 1 fully saturated rings. The largest absolute Gasteiger partial charge is 0.496 e. The van der Waals surface area contributed by atoms with Crippen LogP contribution in [0.25, 0.3) is 0 Å². The molecule has 1 heterocycles. The number of nitrogens with zero attached hydrogens (tertiary/aromatic N) is 2. The van der Waals surface area contributed by atoms with Crippen LogP contribution in [0.1, 0.15) is 12.5 Å². The number of amides is 1. The molecule has 0 saturated carbocycles. The van der Waals surface area contributed by atoms with E-state index in [1.54, 1.807) is 7.11 Å². The first-order chi connectivity index (χ1) is 11.6. The van der Waals surface area contributed by atoms with Crippen molar-refractivity contribution in [3.05, 3.63) is 29.8 Å². The Morgan fingerprint density at radius 3 is 2.58 bits per heavy atom. The van der Waals surface area contributed by atoms with Crippen LogP contribution in [0.5, 0.6) is 5.75 Å². The summed E-state index contributed by atoms with van der Waals surface area (Å²) in [7, 11) is 1.66. The zero-order chi connectivity index (χ0) is 17.4. The molecule has 1 aliphatic heterocycles. The molecule has 1 unspecified atom stereocenters. The van der Waals surface area contributed by atoms with Crippen LogP contribution >= 0.6 is 0 Å². The van der Waals surface area contributed by atoms with Gasteiger partial charge in [0.1, 0.15) is 5.75 Å². The second-order valence-electron chi connectivity index (χ2n) is 6.34. The van der Waals surface area contributed by atoms with E-state index in [4.69, 9.17) is 4.74 Å². The zero-order valence-electron chi connectivity index (χ0n) is 14.7. The van der Waals surface area contributed by atoms with Gasteiger partial charge in [-0.2, -0.15) is 0 Å². The van der Waals surface area contributed by atoms with Gasteiger partial charge >= 0.3 is 0 Å². The van der Waals surface area contributed by atoms with E-state index in [9.17, 15) is 9.90 Å². The van der Waals surface area contributed by atoms with E-state index >= 15 is 0 Å². The Bertz CT molecular complexity index is 514. The monoisotopic (exact) mass is 335 g/mol. The molecule has 1 amide bonds. The second-order valence-corrected chi connectivity index (χ2v) is 6.34. The summed E-state index contributed by atoms with van der Waals surface area (Å²) in [4.78, 5) is 16.5. The van der Waals surface area contributed by atoms with Gasteiger partial charge in [-0.25, -0.2) is 0 Å². The fraction of sp³-hybridized carbons (Fsp3) is 0.611. The highest BCUT2D eigenvalue weighted by molar-refractivity contribution is 5.78. The van der Waals surface area contributed by atoms with Crippen molar-refractivity contribution >= 4 is 5.91 Å². The molecule has 0 aliphatic carbocycles. The SMILES string of the molecule is COc1ccccc1CCNC(=O)CN1CCN(CC(C)O)CC1. The lowest BCUT2D eigenvalue weighted by Crippen LogP contribution is -2.50. The molecule has 6 nitrogen and oxygen atoms in total. The molecule has 0 spiro atoms. The summed E-state index contributed by atoms with van der Waals surface area (Å²) in [6.07, 6.45) is 0.465. The summed E-state index contributed by atoms with van der Waals surface area (Å²) < 4.78 is 5.32. The second kappa shape index (κ2) is 9.61. The van der Waals surface area contributed by atoms with Crippen molar-refractivity contribution in [2.24, 2.45) is 0 Å². The van der Waals surface area contributed by atoms with E-state index in [-0.39, 0.29) is 12.0 Å². The lowest BCUT2D eigenvalue weighted by Gasteiger charge is -2.34. The maximum absolute atomic E-state index is 12.1. The summed E-state index contributed by atoms with van der Waals surface area (Å²) in [6, 6.07) is 7.88. The number of aliphatic hydroxyl groups excluding tert-OH is 1. The highest BCUT2D eigenvalue weighted by Crippen LogP contribution is 2.17. The van der Waals surface area contributed by atoms with Gasteiger partial charge in [0.2, 0.25) is 5.91 Å². The van der Waals surface area contributed by atoms with Crippen LogP contribution in [0.3, 0.4) is 0 Å². The van der Waals surface area contributed by atoms with Gasteiger partial charge in [0, 0.05) is 39.3 Å². The third-order valence-electron chi connectivity index (χ3n) is 4.26. The number of para-hydroxylation sites is 1. The molecule has 24 heavy (non-hydrogen) atoms. The molecule has 1 aliphatic rings. The van der Waals surface area contributed by atoms with E-state index in [2.05, 4.69) is 15.1 Å². The minimum atomic E-state index is -0.296. The summed E-state index contributed by atoms with van der Waals surface area (Å²) in [5.41, 5.74) is 1.10. The van der Waals surface area contributed by atoms with E-state index < -0.39 is 0 Å². The Balaban J connectivity index is 1.65. The average Bonchev–Trinajstić information content (AvgIpc) is 2.56. The number of carbonyl (C=O) groups excluding carboxylic acids is 1. The number of aliphatic hydroxyl groups is 1. The molecule has 0 radical (unpaired) electrons. The number of piperazine rings is 1. The van der Waals surface area contributed by atoms with Gasteiger partial charge in [-0.05, 0) is 25.0 Å². The summed E-state index contributed by atoms with van der Waals surface area (Å²) in [5.74, 6) is 0.926. The Kier molecular flexibility index (Phi) is 7.49. The van der Waals surface area contributed by atoms with E-state index in [1.165, 1.54) is 0 Å². The van der Waals surface area contributed by atoms with Crippen molar-refractivity contribution < 1.29 is 14.6 Å². The van der Waals surface area contributed by atoms with E-state index in [0.29, 0.717) is 19.6 Å². The van der Waals surface area contributed by atoms with Crippen LogP contribution in [0, 0.1) is 0 Å². The molecule has 0 aromatic heterocycles. The molecule has 1 atom stereocenters. The lowest BCUT2D eigenvalue weighted by molar-refractivity contribution is -0.122. The maximum Gasteiger partial charge on any atom is 0.234 e. The highest BCUT2D eigenvalue weighted by atomic mass is 16.5. The van der Waals surface area contributed by atoms with Gasteiger partial charge in [0.15, 0.2) is 0 Å². The third kappa shape index (κ3) is 6.11. The molecule has 134 valence electrons. The lowest BCUT2D eigenvalue weighted by atomic mass is 10.1. The Morgan fingerprint density at radius 2 is 1.92 bits per heavy atom. The minimum Gasteiger partial charge on any atom is -0.496 e. The topological polar surface area (TPSA) is 65.0 Å². The zero-order valence-corrected chi connectivity index (χ0v) is 14.7. The number of β-amino-alcohol motifs (C(OH)–C–C–N with tert-alkyl or cyclic N) is 1. The molecule has 2 N–H and O–H groups in total. The fourth-order valence-corrected chi connectivity index (χ4v) is 3.01. The molecular formula is C18H29N3O3. The Morgan fingerprint density at radius 1 is 1.25 bits per heavy atom. The van der Waals surface area contributed by atoms with E-state index in [0.717, 1.165) is 43.9 Å². The van der Waals surface area contributed by atoms with Crippen molar-refractivity contribution in [1.82, 2.24) is 15.1 Å². The predicted octanol–water partition coefficient (Wildman–Crippen LogP) is 0.352. The van der Waals surface area contributed by atoms with Crippen LogP contribution in [0.4, 0.5) is 0 Å². The highest BCUT2D eigenvalue weighted by Gasteiger charge is 2.19. The van der Waals surface area contributed by atoms with Crippen LogP contribution in [-0.4, -0.2) is 79.8 Å². The van der Waals surface area contributed by atoms with Crippen LogP contribution in [0.2, 0.25) is 0 Å². The number of hydrogen-bond donors (Lipinski definition) is 2. The van der Waals surface area contributed by atoms with Gasteiger partial charge in [-0.15, -0.1) is 0 Å². The van der Waals surface area contributed by atoms with Crippen molar-refractivity contribution in [1.29, 1.82) is 0 Å². The molecule has 1 aromatic carbocycles. The van der Waals surface area contributed by atoms with Crippen LogP contribution in [-0.2, 0) is 11.2 Å². The summed E-state index contributed by atoms with van der Waals surface area (Å²) in [5, 5.41) is 12.4. The molecule has 6 heteroatoms. The first-order valence-corrected chi connectivity index (χ1v) is 8.60. The Labute approximate surface area is 144 Å². The normalized spacial score (nSPS) is 17.5. The molecule has 1 saturated heterocycles. The van der Waals surface area contributed by atoms with Crippen molar-refractivity contribution in [2.45, 2.75) is 19.4 Å². The number of carbonyl (C=O) groups is 1. The maximum atomic E-state index is 12.1. The molecule has 1 aromatic rings. The van der Waals surface area contributed by atoms with Crippen LogP contribution < -0.4 is 10.1 Å². The first kappa shape index (κ1) is 18.7. The first-order valence-electron chi connectivity index (χ1n) is 8.60. The number of rotatable bonds is 8. The van der Waals surface area contributed by atoms with E-state index in [1.807, 2.05) is 31.2 Å². The van der Waals surface area contributed by atoms with Crippen molar-refractivity contribution in [3.8, 4) is 5.75 Å². The smallest absolute Gasteiger partial charge is 0.234 e. The van der Waals surface area contributed by atoms with Crippen LogP contribution in [0.15, 0.2) is 24.3 Å². The van der Waals surface area contributed by atoms with Gasteiger partial charge < -0.3 is 15.2 Å². The van der Waals surface area contributed by atoms with Gasteiger partial charge in [-0.3, -0.25) is 14.6 Å². The summed E-state index contributed by atoms with van der Waals surface area (Å²) in [6.45, 7) is 7.11. The number of nitrogens with one attached hydrogen (secondary N) is 1. The molecular weight excluding hydrogens is 306 g/mol. The Hall–Kier alpha value is -1.63. The third-order valence-corrected chi connectivity index (χ3v) is 4.26. The molecule has 2 rings (SSSR count). The average molecular weight is 335 g/mol. The number of methoxy groups -OCH3 is 1. The number of hydrogen-bond acceptors (Lipinski definition) is 5. The number of benzene rings is 1. The predicted molar refractivity (Wildman–Crippen MR) is 94.3 cm³/mol. The standard InChI is InChI=1S/C18H29N3O3/c1-15(22)13-20-9-11-21(12-10-20)14-18(23)19-8-7-16-5-3-4-6-17(16)24-2/h3-6,15,22H,7-14H2,1-2H3,(H,19,23). The molecule has 0 bridgehead atoms.